The molecule has 2 aromatic carbocycles. The molecule has 2 heterocycles. The largest absolute Gasteiger partial charge is 0.496 e. The number of aromatic nitrogens is 2. The number of hydrogen-bond donors (Lipinski definition) is 1. The third kappa shape index (κ3) is 4.79. The van der Waals surface area contributed by atoms with Gasteiger partial charge in [-0.25, -0.2) is 13.6 Å². The van der Waals surface area contributed by atoms with Gasteiger partial charge in [-0.1, -0.05) is 23.2 Å². The van der Waals surface area contributed by atoms with Gasteiger partial charge in [-0.15, -0.1) is 0 Å². The van der Waals surface area contributed by atoms with Crippen LogP contribution in [0.25, 0.3) is 11.1 Å². The first kappa shape index (κ1) is 28.0. The molecular formula is C25H24BCl2F2N3O5. The van der Waals surface area contributed by atoms with E-state index in [2.05, 4.69) is 5.32 Å². The molecule has 1 aliphatic rings. The average molecular weight is 566 g/mol. The lowest BCUT2D eigenvalue weighted by molar-refractivity contribution is 0.00578. The summed E-state index contributed by atoms with van der Waals surface area (Å²) in [6.07, 6.45) is 1.06. The Bertz CT molecular complexity index is 1590. The average Bonchev–Trinajstić information content (AvgIpc) is 3.04. The molecule has 0 atom stereocenters. The molecule has 0 spiro atoms. The van der Waals surface area contributed by atoms with Crippen molar-refractivity contribution in [3.8, 4) is 11.1 Å². The van der Waals surface area contributed by atoms with Gasteiger partial charge in [-0.3, -0.25) is 14.2 Å². The molecule has 13 heteroatoms. The molecule has 0 radical (unpaired) electrons. The summed E-state index contributed by atoms with van der Waals surface area (Å²) in [7, 11) is 1.59. The fraction of sp³-hybridized carbons (Fsp3) is 0.320. The van der Waals surface area contributed by atoms with Crippen molar-refractivity contribution in [3.05, 3.63) is 78.5 Å². The van der Waals surface area contributed by atoms with Crippen molar-refractivity contribution in [3.63, 3.8) is 0 Å². The second-order valence-electron chi connectivity index (χ2n) is 10.0. The fourth-order valence-corrected chi connectivity index (χ4v) is 4.54. The van der Waals surface area contributed by atoms with Gasteiger partial charge >= 0.3 is 12.8 Å². The number of amides is 1. The number of aryl methyl sites for hydroxylation is 1. The zero-order valence-electron chi connectivity index (χ0n) is 21.4. The van der Waals surface area contributed by atoms with Gasteiger partial charge in [0.2, 0.25) is 0 Å². The van der Waals surface area contributed by atoms with Crippen molar-refractivity contribution < 1.29 is 22.9 Å². The molecule has 1 fully saturated rings. The normalized spacial score (nSPS) is 16.1. The zero-order valence-corrected chi connectivity index (χ0v) is 22.9. The first-order valence-corrected chi connectivity index (χ1v) is 12.2. The standard InChI is InChI=1S/C25H24BCl2F2N3O5/c1-24(2)25(3,4)38-26(37-24)17-9-12(29)7-14(19(17)27)15-8-13(30)10-18(20(15)28)31-21(34)16-11-32(5)23(36)33(6)22(16)35/h7-11H,1-6H3,(H,31,34). The highest BCUT2D eigenvalue weighted by molar-refractivity contribution is 6.66. The van der Waals surface area contributed by atoms with Crippen molar-refractivity contribution in [2.24, 2.45) is 14.1 Å². The number of carbonyl (C=O) groups excluding carboxylic acids is 1. The summed E-state index contributed by atoms with van der Waals surface area (Å²) >= 11 is 13.2. The van der Waals surface area contributed by atoms with E-state index in [-0.39, 0.29) is 37.9 Å². The molecular weight excluding hydrogens is 542 g/mol. The summed E-state index contributed by atoms with van der Waals surface area (Å²) in [6.45, 7) is 7.32. The number of halogens is 4. The minimum atomic E-state index is -1.01. The molecule has 1 aliphatic heterocycles. The number of nitrogens with one attached hydrogen (secondary N) is 1. The Morgan fingerprint density at radius 3 is 2.03 bits per heavy atom. The number of carbonyl (C=O) groups is 1. The monoisotopic (exact) mass is 565 g/mol. The highest BCUT2D eigenvalue weighted by atomic mass is 35.5. The predicted molar refractivity (Wildman–Crippen MR) is 142 cm³/mol. The molecule has 0 aliphatic carbocycles. The third-order valence-corrected chi connectivity index (χ3v) is 7.67. The van der Waals surface area contributed by atoms with Gasteiger partial charge in [0.25, 0.3) is 11.5 Å². The topological polar surface area (TPSA) is 91.6 Å². The third-order valence-electron chi connectivity index (χ3n) is 6.84. The number of hydrogen-bond acceptors (Lipinski definition) is 5. The van der Waals surface area contributed by atoms with Gasteiger partial charge in [-0.2, -0.15) is 0 Å². The highest BCUT2D eigenvalue weighted by Crippen LogP contribution is 2.41. The number of benzene rings is 2. The summed E-state index contributed by atoms with van der Waals surface area (Å²) < 4.78 is 43.4. The minimum Gasteiger partial charge on any atom is -0.399 e. The molecule has 8 nitrogen and oxygen atoms in total. The Kier molecular flexibility index (Phi) is 7.11. The molecule has 200 valence electrons. The first-order valence-electron chi connectivity index (χ1n) is 11.5. The number of anilines is 1. The molecule has 1 saturated heterocycles. The summed E-state index contributed by atoms with van der Waals surface area (Å²) in [4.78, 5) is 37.3. The van der Waals surface area contributed by atoms with Gasteiger partial charge in [0, 0.05) is 41.9 Å². The molecule has 0 bridgehead atoms. The van der Waals surface area contributed by atoms with Crippen molar-refractivity contribution in [2.75, 3.05) is 5.32 Å². The van der Waals surface area contributed by atoms with Crippen molar-refractivity contribution in [1.29, 1.82) is 0 Å². The SMILES string of the molecule is Cn1cc(C(=O)Nc2cc(F)cc(-c3cc(F)cc(B4OC(C)(C)C(C)(C)O4)c3Cl)c2Cl)c(=O)n(C)c1=O. The van der Waals surface area contributed by atoms with Crippen LogP contribution in [0.1, 0.15) is 38.1 Å². The Morgan fingerprint density at radius 1 is 0.921 bits per heavy atom. The smallest absolute Gasteiger partial charge is 0.399 e. The van der Waals surface area contributed by atoms with E-state index in [1.54, 1.807) is 0 Å². The maximum absolute atomic E-state index is 14.8. The van der Waals surface area contributed by atoms with Crippen molar-refractivity contribution >= 4 is 47.4 Å². The minimum absolute atomic E-state index is 0.0154. The van der Waals surface area contributed by atoms with Crippen molar-refractivity contribution in [1.82, 2.24) is 9.13 Å². The zero-order chi connectivity index (χ0) is 28.3. The van der Waals surface area contributed by atoms with Crippen molar-refractivity contribution in [2.45, 2.75) is 38.9 Å². The Hall–Kier alpha value is -2.99. The van der Waals surface area contributed by atoms with Crippen LogP contribution in [0, 0.1) is 11.6 Å². The summed E-state index contributed by atoms with van der Waals surface area (Å²) in [5, 5.41) is 2.25. The van der Waals surface area contributed by atoms with Gasteiger partial charge < -0.3 is 19.2 Å². The van der Waals surface area contributed by atoms with Crippen LogP contribution in [0.3, 0.4) is 0 Å². The Balaban J connectivity index is 1.78. The molecule has 4 rings (SSSR count). The van der Waals surface area contributed by atoms with E-state index in [4.69, 9.17) is 32.5 Å². The van der Waals surface area contributed by atoms with Crippen LogP contribution >= 0.6 is 23.2 Å². The van der Waals surface area contributed by atoms with E-state index in [1.807, 2.05) is 27.7 Å². The molecule has 0 unspecified atom stereocenters. The predicted octanol–water partition coefficient (Wildman–Crippen LogP) is 3.89. The van der Waals surface area contributed by atoms with Gasteiger partial charge in [0.05, 0.1) is 21.9 Å². The van der Waals surface area contributed by atoms with Crippen LogP contribution in [-0.2, 0) is 23.4 Å². The van der Waals surface area contributed by atoms with E-state index < -0.39 is 47.1 Å². The van der Waals surface area contributed by atoms with E-state index in [1.165, 1.54) is 20.2 Å². The maximum Gasteiger partial charge on any atom is 0.496 e. The van der Waals surface area contributed by atoms with Crippen LogP contribution < -0.4 is 22.0 Å². The summed E-state index contributed by atoms with van der Waals surface area (Å²) in [5.41, 5.74) is -3.29. The van der Waals surface area contributed by atoms with E-state index in [0.717, 1.165) is 33.5 Å². The second kappa shape index (κ2) is 9.64. The van der Waals surface area contributed by atoms with Crippen LogP contribution in [0.5, 0.6) is 0 Å². The van der Waals surface area contributed by atoms with E-state index in [0.29, 0.717) is 0 Å². The summed E-state index contributed by atoms with van der Waals surface area (Å²) in [5.74, 6) is -2.44. The molecule has 38 heavy (non-hydrogen) atoms. The quantitative estimate of drug-likeness (QED) is 0.485. The van der Waals surface area contributed by atoms with E-state index >= 15 is 0 Å². The number of nitrogens with zero attached hydrogens (tertiary/aromatic N) is 2. The molecule has 1 N–H and O–H groups in total. The molecule has 1 aromatic heterocycles. The lowest BCUT2D eigenvalue weighted by atomic mass is 9.77. The Labute approximate surface area is 227 Å². The van der Waals surface area contributed by atoms with Crippen LogP contribution in [0.2, 0.25) is 10.0 Å². The molecule has 0 saturated carbocycles. The van der Waals surface area contributed by atoms with Gasteiger partial charge in [0.1, 0.15) is 17.2 Å². The maximum atomic E-state index is 14.8. The van der Waals surface area contributed by atoms with Gasteiger partial charge in [0.15, 0.2) is 0 Å². The number of rotatable bonds is 4. The van der Waals surface area contributed by atoms with Crippen LogP contribution in [0.15, 0.2) is 40.1 Å². The lowest BCUT2D eigenvalue weighted by Gasteiger charge is -2.32. The molecule has 1 amide bonds. The Morgan fingerprint density at radius 2 is 1.45 bits per heavy atom. The summed E-state index contributed by atoms with van der Waals surface area (Å²) in [6, 6.07) is 4.22. The van der Waals surface area contributed by atoms with Crippen LogP contribution in [0.4, 0.5) is 14.5 Å². The van der Waals surface area contributed by atoms with Crippen LogP contribution in [-0.4, -0.2) is 33.4 Å². The first-order chi connectivity index (χ1) is 17.5. The highest BCUT2D eigenvalue weighted by Gasteiger charge is 2.52. The lowest BCUT2D eigenvalue weighted by Crippen LogP contribution is -2.41. The second-order valence-corrected chi connectivity index (χ2v) is 10.8. The van der Waals surface area contributed by atoms with E-state index in [9.17, 15) is 23.2 Å². The molecule has 3 aromatic rings. The fourth-order valence-electron chi connectivity index (χ4n) is 3.98. The van der Waals surface area contributed by atoms with Gasteiger partial charge in [-0.05, 0) is 52.0 Å².